The van der Waals surface area contributed by atoms with Gasteiger partial charge in [-0.25, -0.2) is 15.0 Å². The van der Waals surface area contributed by atoms with Gasteiger partial charge in [-0.2, -0.15) is 18.3 Å². The predicted octanol–water partition coefficient (Wildman–Crippen LogP) is 5.85. The number of carboxylic acids is 1. The number of rotatable bonds is 6. The van der Waals surface area contributed by atoms with Gasteiger partial charge in [-0.05, 0) is 60.1 Å². The van der Waals surface area contributed by atoms with Gasteiger partial charge in [0.2, 0.25) is 5.95 Å². The average Bonchev–Trinajstić information content (AvgIpc) is 3.56. The first-order valence-electron chi connectivity index (χ1n) is 12.1. The topological polar surface area (TPSA) is 137 Å². The Hall–Kier alpha value is -3.84. The summed E-state index contributed by atoms with van der Waals surface area (Å²) < 4.78 is 39.5. The average molecular weight is 559 g/mol. The highest BCUT2D eigenvalue weighted by Gasteiger charge is 2.49. The molecule has 1 aliphatic carbocycles. The molecule has 0 saturated heterocycles. The van der Waals surface area contributed by atoms with Gasteiger partial charge >= 0.3 is 12.1 Å². The maximum absolute atomic E-state index is 13.2. The molecule has 0 spiro atoms. The maximum Gasteiger partial charge on any atom is 0.433 e. The highest BCUT2D eigenvalue weighted by Crippen LogP contribution is 2.51. The maximum atomic E-state index is 13.2. The molecule has 1 saturated carbocycles. The molecule has 4 N–H and O–H groups in total. The number of carboxylic acid groups (broad SMARTS) is 1. The summed E-state index contributed by atoms with van der Waals surface area (Å²) in [7, 11) is 0. The van der Waals surface area contributed by atoms with Crippen molar-refractivity contribution in [2.75, 3.05) is 5.32 Å². The van der Waals surface area contributed by atoms with Gasteiger partial charge in [0.05, 0.1) is 17.0 Å². The Kier molecular flexibility index (Phi) is 6.67. The minimum atomic E-state index is -4.61. The van der Waals surface area contributed by atoms with Crippen LogP contribution in [0, 0.1) is 11.3 Å². The van der Waals surface area contributed by atoms with Gasteiger partial charge in [0.25, 0.3) is 0 Å². The number of carbonyl (C=O) groups is 1. The van der Waals surface area contributed by atoms with Crippen molar-refractivity contribution in [2.45, 2.75) is 44.9 Å². The van der Waals surface area contributed by atoms with E-state index in [0.29, 0.717) is 22.7 Å². The Morgan fingerprint density at radius 3 is 2.59 bits per heavy atom. The Labute approximate surface area is 225 Å². The van der Waals surface area contributed by atoms with Gasteiger partial charge in [0.1, 0.15) is 16.3 Å². The molecule has 0 aliphatic heterocycles. The van der Waals surface area contributed by atoms with Crippen molar-refractivity contribution in [3.63, 3.8) is 0 Å². The van der Waals surface area contributed by atoms with Crippen molar-refractivity contribution in [1.82, 2.24) is 25.1 Å². The molecule has 0 unspecified atom stereocenters. The molecule has 0 bridgehead atoms. The Morgan fingerprint density at radius 1 is 1.15 bits per heavy atom. The lowest BCUT2D eigenvalue weighted by molar-refractivity contribution is -0.154. The summed E-state index contributed by atoms with van der Waals surface area (Å²) in [5.74, 6) is -1.64. The minimum absolute atomic E-state index is 0.211. The number of hydrogen-bond acceptors (Lipinski definition) is 8. The highest BCUT2D eigenvalue weighted by atomic mass is 32.1. The van der Waals surface area contributed by atoms with Crippen LogP contribution in [0.15, 0.2) is 49.1 Å². The van der Waals surface area contributed by atoms with E-state index in [1.54, 1.807) is 30.7 Å². The van der Waals surface area contributed by atoms with Crippen LogP contribution in [0.3, 0.4) is 0 Å². The van der Waals surface area contributed by atoms with E-state index in [1.165, 1.54) is 11.3 Å². The van der Waals surface area contributed by atoms with E-state index in [9.17, 15) is 28.2 Å². The molecule has 3 aromatic heterocycles. The second kappa shape index (κ2) is 9.72. The largest absolute Gasteiger partial charge is 0.481 e. The monoisotopic (exact) mass is 558 g/mol. The molecule has 3 heterocycles. The van der Waals surface area contributed by atoms with Crippen LogP contribution in [-0.4, -0.2) is 41.3 Å². The van der Waals surface area contributed by atoms with Crippen LogP contribution in [0.5, 0.6) is 0 Å². The molecule has 5 rings (SSSR count). The first-order valence-corrected chi connectivity index (χ1v) is 12.9. The van der Waals surface area contributed by atoms with Gasteiger partial charge in [0.15, 0.2) is 0 Å². The number of nitrogens with one attached hydrogen (secondary N) is 2. The van der Waals surface area contributed by atoms with Crippen molar-refractivity contribution in [2.24, 2.45) is 11.3 Å². The van der Waals surface area contributed by atoms with E-state index in [1.807, 2.05) is 19.9 Å². The van der Waals surface area contributed by atoms with E-state index >= 15 is 0 Å². The molecular weight excluding hydrogens is 533 g/mol. The van der Waals surface area contributed by atoms with E-state index in [-0.39, 0.29) is 18.8 Å². The van der Waals surface area contributed by atoms with E-state index in [0.717, 1.165) is 28.3 Å². The molecule has 1 fully saturated rings. The van der Waals surface area contributed by atoms with Gasteiger partial charge < -0.3 is 15.5 Å². The third-order valence-electron chi connectivity index (χ3n) is 6.99. The minimum Gasteiger partial charge on any atom is -0.481 e. The van der Waals surface area contributed by atoms with Crippen molar-refractivity contribution in [3.8, 4) is 21.6 Å². The van der Waals surface area contributed by atoms with Gasteiger partial charge in [-0.1, -0.05) is 13.8 Å². The number of halogens is 3. The Morgan fingerprint density at radius 2 is 1.92 bits per heavy atom. The zero-order valence-electron chi connectivity index (χ0n) is 21.0. The number of anilines is 2. The SMILES string of the molecule is CC1(C)C[C@@](O)(c2ncc(-c3cc(Nc4nccc(C(F)(F)F)n4)cc(-c4cn[nH]c4)c3)s2)CC[C@@H]1C(=O)O. The van der Waals surface area contributed by atoms with Crippen molar-refractivity contribution < 1.29 is 28.2 Å². The summed E-state index contributed by atoms with van der Waals surface area (Å²) in [6.07, 6.45) is 2.22. The normalized spacial score (nSPS) is 21.0. The van der Waals surface area contributed by atoms with Crippen LogP contribution in [0.1, 0.15) is 43.8 Å². The van der Waals surface area contributed by atoms with Crippen LogP contribution in [0.2, 0.25) is 0 Å². The number of alkyl halides is 3. The third kappa shape index (κ3) is 5.50. The molecule has 204 valence electrons. The molecule has 13 heteroatoms. The third-order valence-corrected chi connectivity index (χ3v) is 8.23. The molecule has 1 aromatic carbocycles. The molecule has 2 atom stereocenters. The standard InChI is InChI=1S/C26H25F3N6O3S/c1-24(2)13-25(38,5-3-18(24)21(36)37)22-31-12-19(39-22)15-7-14(16-10-32-33-11-16)8-17(9-15)34-23-30-6-4-20(35-23)26(27,28)29/h4,6-12,18,38H,3,5,13H2,1-2H3,(H,32,33)(H,36,37)(H,30,34,35)/t18-,25-/m1/s1. The fourth-order valence-corrected chi connectivity index (χ4v) is 6.14. The second-order valence-electron chi connectivity index (χ2n) is 10.3. The molecule has 39 heavy (non-hydrogen) atoms. The smallest absolute Gasteiger partial charge is 0.433 e. The first kappa shape index (κ1) is 26.8. The molecule has 9 nitrogen and oxygen atoms in total. The molecule has 4 aromatic rings. The van der Waals surface area contributed by atoms with Crippen LogP contribution < -0.4 is 5.32 Å². The van der Waals surface area contributed by atoms with E-state index in [2.05, 4.69) is 30.5 Å². The summed E-state index contributed by atoms with van der Waals surface area (Å²) in [6.45, 7) is 3.68. The summed E-state index contributed by atoms with van der Waals surface area (Å²) in [5, 5.41) is 31.2. The molecular formula is C26H25F3N6O3S. The Balaban J connectivity index is 1.49. The Bertz CT molecular complexity index is 1500. The van der Waals surface area contributed by atoms with Crippen LogP contribution in [0.25, 0.3) is 21.6 Å². The summed E-state index contributed by atoms with van der Waals surface area (Å²) in [6, 6.07) is 6.16. The number of nitrogens with zero attached hydrogens (tertiary/aromatic N) is 4. The molecule has 1 aliphatic rings. The number of aromatic nitrogens is 5. The lowest BCUT2D eigenvalue weighted by Gasteiger charge is -2.44. The zero-order valence-corrected chi connectivity index (χ0v) is 21.8. The predicted molar refractivity (Wildman–Crippen MR) is 138 cm³/mol. The quantitative estimate of drug-likeness (QED) is 0.231. The van der Waals surface area contributed by atoms with E-state index < -0.39 is 34.8 Å². The number of thiazole rings is 1. The number of benzene rings is 1. The lowest BCUT2D eigenvalue weighted by Crippen LogP contribution is -2.44. The van der Waals surface area contributed by atoms with E-state index in [4.69, 9.17) is 0 Å². The highest BCUT2D eigenvalue weighted by molar-refractivity contribution is 7.15. The van der Waals surface area contributed by atoms with Gasteiger partial charge in [-0.3, -0.25) is 9.89 Å². The van der Waals surface area contributed by atoms with Crippen molar-refractivity contribution in [3.05, 3.63) is 59.8 Å². The van der Waals surface area contributed by atoms with Gasteiger partial charge in [0, 0.05) is 29.8 Å². The number of aliphatic carboxylic acids is 1. The second-order valence-corrected chi connectivity index (χ2v) is 11.4. The zero-order chi connectivity index (χ0) is 28.0. The van der Waals surface area contributed by atoms with Crippen LogP contribution in [-0.2, 0) is 16.6 Å². The van der Waals surface area contributed by atoms with Gasteiger partial charge in [-0.15, -0.1) is 11.3 Å². The molecule has 0 amide bonds. The number of H-pyrrole nitrogens is 1. The van der Waals surface area contributed by atoms with Crippen molar-refractivity contribution >= 4 is 28.9 Å². The fourth-order valence-electron chi connectivity index (χ4n) is 5.13. The van der Waals surface area contributed by atoms with Crippen LogP contribution in [0.4, 0.5) is 24.8 Å². The van der Waals surface area contributed by atoms with Crippen LogP contribution >= 0.6 is 11.3 Å². The number of aliphatic hydroxyl groups is 1. The number of aromatic amines is 1. The summed E-state index contributed by atoms with van der Waals surface area (Å²) in [5.41, 5.74) is -0.336. The van der Waals surface area contributed by atoms with Crippen molar-refractivity contribution in [1.29, 1.82) is 0 Å². The number of hydrogen-bond donors (Lipinski definition) is 4. The summed E-state index contributed by atoms with van der Waals surface area (Å²) in [4.78, 5) is 24.4. The first-order chi connectivity index (χ1) is 18.3. The fraction of sp³-hybridized carbons (Fsp3) is 0.346. The lowest BCUT2D eigenvalue weighted by atomic mass is 9.63. The molecule has 0 radical (unpaired) electrons. The summed E-state index contributed by atoms with van der Waals surface area (Å²) >= 11 is 1.29.